The summed E-state index contributed by atoms with van der Waals surface area (Å²) in [5.74, 6) is -0.477. The third-order valence-electron chi connectivity index (χ3n) is 3.97. The number of nitrogens with one attached hydrogen (secondary N) is 1. The zero-order chi connectivity index (χ0) is 20.6. The molecule has 29 heavy (non-hydrogen) atoms. The van der Waals surface area contributed by atoms with Crippen LogP contribution in [0.15, 0.2) is 76.7 Å². The number of amides is 1. The van der Waals surface area contributed by atoms with Crippen LogP contribution in [0, 0.1) is 5.82 Å². The van der Waals surface area contributed by atoms with Crippen molar-refractivity contribution in [2.45, 2.75) is 11.5 Å². The van der Waals surface area contributed by atoms with Crippen molar-refractivity contribution < 1.29 is 13.9 Å². The lowest BCUT2D eigenvalue weighted by molar-refractivity contribution is 0.0950. The van der Waals surface area contributed by atoms with E-state index < -0.39 is 5.91 Å². The molecule has 0 saturated heterocycles. The minimum atomic E-state index is -0.460. The summed E-state index contributed by atoms with van der Waals surface area (Å²) in [5.41, 5.74) is 4.23. The van der Waals surface area contributed by atoms with E-state index in [-0.39, 0.29) is 18.0 Å². The third kappa shape index (κ3) is 6.07. The number of hydrogen-bond donors (Lipinski definition) is 1. The molecule has 0 unspecified atom stereocenters. The molecule has 7 heteroatoms. The second-order valence-electron chi connectivity index (χ2n) is 6.03. The Labute approximate surface area is 177 Å². The lowest BCUT2D eigenvalue weighted by atomic mass is 10.2. The van der Waals surface area contributed by atoms with Crippen LogP contribution in [0.25, 0.3) is 0 Å². The van der Waals surface area contributed by atoms with Crippen LogP contribution in [0.1, 0.15) is 21.5 Å². The fraction of sp³-hybridized carbons (Fsp3) is 0.0909. The van der Waals surface area contributed by atoms with Crippen molar-refractivity contribution in [3.8, 4) is 5.75 Å². The molecule has 3 rings (SSSR count). The predicted octanol–water partition coefficient (Wildman–Crippen LogP) is 5.54. The summed E-state index contributed by atoms with van der Waals surface area (Å²) in [6.07, 6.45) is 3.56. The molecule has 4 nitrogen and oxygen atoms in total. The molecule has 0 aliphatic rings. The number of carbonyl (C=O) groups is 1. The number of ether oxygens (including phenoxy) is 1. The number of nitrogens with zero attached hydrogens (tertiary/aromatic N) is 1. The van der Waals surface area contributed by atoms with E-state index in [1.54, 1.807) is 42.2 Å². The molecule has 0 aromatic heterocycles. The quantitative estimate of drug-likeness (QED) is 0.305. The Bertz CT molecular complexity index is 1030. The first-order chi connectivity index (χ1) is 14.0. The van der Waals surface area contributed by atoms with Crippen molar-refractivity contribution >= 4 is 35.5 Å². The lowest BCUT2D eigenvalue weighted by Crippen LogP contribution is -2.18. The van der Waals surface area contributed by atoms with Crippen molar-refractivity contribution in [3.05, 3.63) is 94.3 Å². The standard InChI is InChI=1S/C22H18ClFN2O2S/c1-29-19-8-5-15(6-9-19)13-25-26-22(27)20-12-17(23)7-10-21(20)28-14-16-3-2-4-18(24)11-16/h2-13H,14H2,1H3,(H,26,27)/b25-13-. The third-order valence-corrected chi connectivity index (χ3v) is 4.94. The van der Waals surface area contributed by atoms with Gasteiger partial charge in [0.05, 0.1) is 11.8 Å². The highest BCUT2D eigenvalue weighted by molar-refractivity contribution is 7.98. The molecule has 3 aromatic rings. The Balaban J connectivity index is 1.68. The van der Waals surface area contributed by atoms with E-state index in [0.717, 1.165) is 10.5 Å². The number of rotatable bonds is 7. The van der Waals surface area contributed by atoms with Crippen LogP contribution in [0.3, 0.4) is 0 Å². The maximum absolute atomic E-state index is 13.3. The molecule has 0 heterocycles. The topological polar surface area (TPSA) is 50.7 Å². The average Bonchev–Trinajstić information content (AvgIpc) is 2.73. The van der Waals surface area contributed by atoms with E-state index >= 15 is 0 Å². The van der Waals surface area contributed by atoms with Crippen LogP contribution in [-0.2, 0) is 6.61 Å². The van der Waals surface area contributed by atoms with Crippen LogP contribution in [0.5, 0.6) is 5.75 Å². The van der Waals surface area contributed by atoms with Gasteiger partial charge >= 0.3 is 0 Å². The van der Waals surface area contributed by atoms with Gasteiger partial charge in [0.2, 0.25) is 0 Å². The molecule has 0 saturated carbocycles. The van der Waals surface area contributed by atoms with Crippen molar-refractivity contribution in [1.82, 2.24) is 5.43 Å². The fourth-order valence-corrected chi connectivity index (χ4v) is 3.09. The van der Waals surface area contributed by atoms with Gasteiger partial charge in [-0.05, 0) is 59.8 Å². The van der Waals surface area contributed by atoms with Gasteiger partial charge in [-0.15, -0.1) is 11.8 Å². The number of benzene rings is 3. The molecule has 0 atom stereocenters. The van der Waals surface area contributed by atoms with Crippen molar-refractivity contribution in [3.63, 3.8) is 0 Å². The first kappa shape index (κ1) is 20.9. The van der Waals surface area contributed by atoms with E-state index in [0.29, 0.717) is 16.3 Å². The van der Waals surface area contributed by atoms with Gasteiger partial charge in [0.25, 0.3) is 5.91 Å². The van der Waals surface area contributed by atoms with Gasteiger partial charge in [-0.3, -0.25) is 4.79 Å². The van der Waals surface area contributed by atoms with Gasteiger partial charge in [-0.2, -0.15) is 5.10 Å². The smallest absolute Gasteiger partial charge is 0.275 e. The number of halogens is 2. The Morgan fingerprint density at radius 3 is 2.69 bits per heavy atom. The summed E-state index contributed by atoms with van der Waals surface area (Å²) in [6, 6.07) is 18.6. The van der Waals surface area contributed by atoms with Crippen LogP contribution in [0.2, 0.25) is 5.02 Å². The summed E-state index contributed by atoms with van der Waals surface area (Å²) < 4.78 is 19.0. The summed E-state index contributed by atoms with van der Waals surface area (Å²) in [5, 5.41) is 4.39. The summed E-state index contributed by atoms with van der Waals surface area (Å²) in [4.78, 5) is 13.7. The lowest BCUT2D eigenvalue weighted by Gasteiger charge is -2.11. The van der Waals surface area contributed by atoms with E-state index in [2.05, 4.69) is 10.5 Å². The highest BCUT2D eigenvalue weighted by atomic mass is 35.5. The summed E-state index contributed by atoms with van der Waals surface area (Å²) in [7, 11) is 0. The van der Waals surface area contributed by atoms with Crippen LogP contribution < -0.4 is 10.2 Å². The van der Waals surface area contributed by atoms with Crippen molar-refractivity contribution in [2.75, 3.05) is 6.26 Å². The number of hydrazone groups is 1. The molecule has 148 valence electrons. The fourth-order valence-electron chi connectivity index (χ4n) is 2.51. The molecule has 0 aliphatic carbocycles. The van der Waals surface area contributed by atoms with Gasteiger partial charge < -0.3 is 4.74 Å². The first-order valence-electron chi connectivity index (χ1n) is 8.69. The Kier molecular flexibility index (Phi) is 7.27. The van der Waals surface area contributed by atoms with E-state index in [4.69, 9.17) is 16.3 Å². The number of hydrogen-bond acceptors (Lipinski definition) is 4. The molecule has 0 aliphatic heterocycles. The molecule has 1 amide bonds. The van der Waals surface area contributed by atoms with Crippen LogP contribution in [-0.4, -0.2) is 18.4 Å². The van der Waals surface area contributed by atoms with Crippen molar-refractivity contribution in [2.24, 2.45) is 5.10 Å². The minimum absolute atomic E-state index is 0.116. The largest absolute Gasteiger partial charge is 0.488 e. The monoisotopic (exact) mass is 428 g/mol. The van der Waals surface area contributed by atoms with Gasteiger partial charge in [-0.25, -0.2) is 9.82 Å². The molecule has 0 spiro atoms. The van der Waals surface area contributed by atoms with E-state index in [1.165, 1.54) is 18.2 Å². The number of thioether (sulfide) groups is 1. The van der Waals surface area contributed by atoms with Gasteiger partial charge in [-0.1, -0.05) is 35.9 Å². The first-order valence-corrected chi connectivity index (χ1v) is 10.3. The zero-order valence-electron chi connectivity index (χ0n) is 15.6. The highest BCUT2D eigenvalue weighted by Crippen LogP contribution is 2.24. The zero-order valence-corrected chi connectivity index (χ0v) is 17.1. The second kappa shape index (κ2) is 10.1. The average molecular weight is 429 g/mol. The Morgan fingerprint density at radius 1 is 1.17 bits per heavy atom. The predicted molar refractivity (Wildman–Crippen MR) is 115 cm³/mol. The van der Waals surface area contributed by atoms with Gasteiger partial charge in [0, 0.05) is 9.92 Å². The van der Waals surface area contributed by atoms with Crippen molar-refractivity contribution in [1.29, 1.82) is 0 Å². The molecular weight excluding hydrogens is 411 g/mol. The van der Waals surface area contributed by atoms with Gasteiger partial charge in [0.15, 0.2) is 0 Å². The molecule has 0 radical (unpaired) electrons. The second-order valence-corrected chi connectivity index (χ2v) is 7.35. The Hall–Kier alpha value is -2.83. The van der Waals surface area contributed by atoms with Crippen LogP contribution >= 0.6 is 23.4 Å². The molecule has 1 N–H and O–H groups in total. The molecule has 0 bridgehead atoms. The van der Waals surface area contributed by atoms with E-state index in [1.807, 2.05) is 30.5 Å². The maximum Gasteiger partial charge on any atom is 0.275 e. The minimum Gasteiger partial charge on any atom is -0.488 e. The molecular formula is C22H18ClFN2O2S. The van der Waals surface area contributed by atoms with Gasteiger partial charge in [0.1, 0.15) is 18.2 Å². The summed E-state index contributed by atoms with van der Waals surface area (Å²) >= 11 is 7.68. The molecule has 3 aromatic carbocycles. The normalized spacial score (nSPS) is 10.9. The Morgan fingerprint density at radius 2 is 1.97 bits per heavy atom. The highest BCUT2D eigenvalue weighted by Gasteiger charge is 2.13. The van der Waals surface area contributed by atoms with E-state index in [9.17, 15) is 9.18 Å². The summed E-state index contributed by atoms with van der Waals surface area (Å²) in [6.45, 7) is 0.116. The van der Waals surface area contributed by atoms with Crippen LogP contribution in [0.4, 0.5) is 4.39 Å². The SMILES string of the molecule is CSc1ccc(/C=N\NC(=O)c2cc(Cl)ccc2OCc2cccc(F)c2)cc1. The number of carbonyl (C=O) groups excluding carboxylic acids is 1. The maximum atomic E-state index is 13.3. The molecule has 0 fully saturated rings.